The van der Waals surface area contributed by atoms with Crippen LogP contribution in [0.1, 0.15) is 32.1 Å². The summed E-state index contributed by atoms with van der Waals surface area (Å²) >= 11 is 0. The van der Waals surface area contributed by atoms with E-state index in [1.807, 2.05) is 4.90 Å². The van der Waals surface area contributed by atoms with E-state index < -0.39 is 0 Å². The van der Waals surface area contributed by atoms with Gasteiger partial charge in [0.25, 0.3) is 0 Å². The molecule has 0 spiro atoms. The summed E-state index contributed by atoms with van der Waals surface area (Å²) in [6.07, 6.45) is 4.21. The summed E-state index contributed by atoms with van der Waals surface area (Å²) in [6.45, 7) is 1.30. The fraction of sp³-hybridized carbons (Fsp3) is 0.562. The lowest BCUT2D eigenvalue weighted by Gasteiger charge is -2.35. The summed E-state index contributed by atoms with van der Waals surface area (Å²) in [7, 11) is 0. The van der Waals surface area contributed by atoms with Gasteiger partial charge in [0.2, 0.25) is 5.91 Å². The molecule has 0 bridgehead atoms. The van der Waals surface area contributed by atoms with Crippen molar-refractivity contribution >= 4 is 11.6 Å². The van der Waals surface area contributed by atoms with E-state index in [9.17, 15) is 4.79 Å². The Morgan fingerprint density at radius 1 is 1.33 bits per heavy atom. The lowest BCUT2D eigenvalue weighted by atomic mass is 9.99. The van der Waals surface area contributed by atoms with Crippen LogP contribution in [0.5, 0.6) is 5.75 Å². The molecule has 5 heteroatoms. The highest BCUT2D eigenvalue weighted by molar-refractivity contribution is 5.76. The number of likely N-dealkylation sites (tertiary alicyclic amines) is 1. The van der Waals surface area contributed by atoms with E-state index in [1.165, 1.54) is 0 Å². The van der Waals surface area contributed by atoms with Gasteiger partial charge in [-0.3, -0.25) is 4.79 Å². The minimum absolute atomic E-state index is 0.114. The van der Waals surface area contributed by atoms with Crippen LogP contribution in [0.15, 0.2) is 24.3 Å². The van der Waals surface area contributed by atoms with Crippen molar-refractivity contribution in [2.24, 2.45) is 0 Å². The van der Waals surface area contributed by atoms with E-state index in [4.69, 9.17) is 15.6 Å². The van der Waals surface area contributed by atoms with Gasteiger partial charge >= 0.3 is 0 Å². The van der Waals surface area contributed by atoms with Gasteiger partial charge in [-0.1, -0.05) is 0 Å². The number of hydrogen-bond acceptors (Lipinski definition) is 4. The highest BCUT2D eigenvalue weighted by atomic mass is 16.5. The van der Waals surface area contributed by atoms with Crippen molar-refractivity contribution in [1.29, 1.82) is 0 Å². The van der Waals surface area contributed by atoms with Crippen LogP contribution >= 0.6 is 0 Å². The smallest absolute Gasteiger partial charge is 0.226 e. The number of nitrogens with zero attached hydrogens (tertiary/aromatic N) is 1. The molecule has 1 atom stereocenters. The predicted molar refractivity (Wildman–Crippen MR) is 82.0 cm³/mol. The Balaban J connectivity index is 1.78. The standard InChI is InChI=1S/C16H24N2O3/c17-13-4-6-15(7-5-13)21-12-9-16(20)18-10-2-1-3-14(18)8-11-19/h4-7,14,19H,1-3,8-12,17H2. The Morgan fingerprint density at radius 2 is 2.10 bits per heavy atom. The van der Waals surface area contributed by atoms with Crippen LogP contribution in [0.25, 0.3) is 0 Å². The SMILES string of the molecule is Nc1ccc(OCCC(=O)N2CCCCC2CCO)cc1. The highest BCUT2D eigenvalue weighted by Gasteiger charge is 2.25. The highest BCUT2D eigenvalue weighted by Crippen LogP contribution is 2.20. The number of amides is 1. The van der Waals surface area contributed by atoms with Crippen molar-refractivity contribution in [3.05, 3.63) is 24.3 Å². The first-order chi connectivity index (χ1) is 10.2. The van der Waals surface area contributed by atoms with Crippen molar-refractivity contribution in [3.8, 4) is 5.75 Å². The molecule has 1 aliphatic rings. The zero-order chi connectivity index (χ0) is 15.1. The molecule has 2 rings (SSSR count). The van der Waals surface area contributed by atoms with E-state index in [0.717, 1.165) is 31.6 Å². The number of rotatable bonds is 6. The maximum absolute atomic E-state index is 12.3. The number of carbonyl (C=O) groups excluding carboxylic acids is 1. The minimum atomic E-state index is 0.114. The van der Waals surface area contributed by atoms with Crippen LogP contribution < -0.4 is 10.5 Å². The number of carbonyl (C=O) groups is 1. The summed E-state index contributed by atoms with van der Waals surface area (Å²) in [5, 5.41) is 9.09. The number of benzene rings is 1. The van der Waals surface area contributed by atoms with E-state index >= 15 is 0 Å². The molecule has 1 aromatic carbocycles. The number of hydrogen-bond donors (Lipinski definition) is 2. The Labute approximate surface area is 125 Å². The fourth-order valence-corrected chi connectivity index (χ4v) is 2.74. The Kier molecular flexibility index (Phi) is 5.87. The molecule has 116 valence electrons. The summed E-state index contributed by atoms with van der Waals surface area (Å²) in [5.41, 5.74) is 6.30. The Bertz CT molecular complexity index is 445. The van der Waals surface area contributed by atoms with E-state index in [0.29, 0.717) is 25.1 Å². The molecule has 0 aromatic heterocycles. The quantitative estimate of drug-likeness (QED) is 0.784. The Hall–Kier alpha value is -1.75. The third-order valence-electron chi connectivity index (χ3n) is 3.87. The molecule has 1 amide bonds. The summed E-state index contributed by atoms with van der Waals surface area (Å²) in [4.78, 5) is 14.2. The van der Waals surface area contributed by atoms with E-state index in [1.54, 1.807) is 24.3 Å². The zero-order valence-electron chi connectivity index (χ0n) is 12.3. The van der Waals surface area contributed by atoms with Crippen LogP contribution in [0.4, 0.5) is 5.69 Å². The molecular formula is C16H24N2O3. The molecule has 3 N–H and O–H groups in total. The van der Waals surface area contributed by atoms with Crippen molar-refractivity contribution in [2.45, 2.75) is 38.1 Å². The fourth-order valence-electron chi connectivity index (χ4n) is 2.74. The maximum atomic E-state index is 12.3. The van der Waals surface area contributed by atoms with Crippen LogP contribution in [-0.2, 0) is 4.79 Å². The third kappa shape index (κ3) is 4.63. The zero-order valence-corrected chi connectivity index (χ0v) is 12.3. The second-order valence-electron chi connectivity index (χ2n) is 5.42. The molecule has 5 nitrogen and oxygen atoms in total. The first-order valence-electron chi connectivity index (χ1n) is 7.59. The molecule has 0 aliphatic carbocycles. The van der Waals surface area contributed by atoms with Gasteiger partial charge in [-0.2, -0.15) is 0 Å². The summed E-state index contributed by atoms with van der Waals surface area (Å²) in [5.74, 6) is 0.839. The molecule has 1 unspecified atom stereocenters. The minimum Gasteiger partial charge on any atom is -0.493 e. The number of nitrogen functional groups attached to an aromatic ring is 1. The van der Waals surface area contributed by atoms with Crippen molar-refractivity contribution < 1.29 is 14.6 Å². The molecule has 0 saturated carbocycles. The van der Waals surface area contributed by atoms with Gasteiger partial charge in [-0.15, -0.1) is 0 Å². The molecule has 1 aliphatic heterocycles. The second kappa shape index (κ2) is 7.88. The number of anilines is 1. The first-order valence-corrected chi connectivity index (χ1v) is 7.59. The first kappa shape index (κ1) is 15.6. The lowest BCUT2D eigenvalue weighted by Crippen LogP contribution is -2.44. The van der Waals surface area contributed by atoms with Crippen molar-refractivity contribution in [3.63, 3.8) is 0 Å². The molecule has 1 aromatic rings. The summed E-state index contributed by atoms with van der Waals surface area (Å²) < 4.78 is 5.57. The van der Waals surface area contributed by atoms with E-state index in [-0.39, 0.29) is 18.6 Å². The topological polar surface area (TPSA) is 75.8 Å². The lowest BCUT2D eigenvalue weighted by molar-refractivity contribution is -0.135. The predicted octanol–water partition coefficient (Wildman–Crippen LogP) is 1.80. The van der Waals surface area contributed by atoms with Crippen LogP contribution in [-0.4, -0.2) is 41.7 Å². The second-order valence-corrected chi connectivity index (χ2v) is 5.42. The molecule has 21 heavy (non-hydrogen) atoms. The average Bonchev–Trinajstić information content (AvgIpc) is 2.50. The molecular weight excluding hydrogens is 268 g/mol. The van der Waals surface area contributed by atoms with E-state index in [2.05, 4.69) is 0 Å². The summed E-state index contributed by atoms with van der Waals surface area (Å²) in [6, 6.07) is 7.34. The van der Waals surface area contributed by atoms with Gasteiger partial charge in [0.05, 0.1) is 13.0 Å². The molecule has 0 radical (unpaired) electrons. The number of piperidine rings is 1. The van der Waals surface area contributed by atoms with Crippen molar-refractivity contribution in [1.82, 2.24) is 4.90 Å². The largest absolute Gasteiger partial charge is 0.493 e. The van der Waals surface area contributed by atoms with Crippen molar-refractivity contribution in [2.75, 3.05) is 25.5 Å². The van der Waals surface area contributed by atoms with Gasteiger partial charge < -0.3 is 20.5 Å². The molecule has 1 saturated heterocycles. The third-order valence-corrected chi connectivity index (χ3v) is 3.87. The van der Waals surface area contributed by atoms with Gasteiger partial charge in [-0.25, -0.2) is 0 Å². The molecule has 1 fully saturated rings. The number of aliphatic hydroxyl groups is 1. The van der Waals surface area contributed by atoms with Crippen LogP contribution in [0.3, 0.4) is 0 Å². The number of nitrogens with two attached hydrogens (primary N) is 1. The van der Waals surface area contributed by atoms with Crippen LogP contribution in [0, 0.1) is 0 Å². The van der Waals surface area contributed by atoms with Crippen LogP contribution in [0.2, 0.25) is 0 Å². The van der Waals surface area contributed by atoms with Gasteiger partial charge in [0.1, 0.15) is 5.75 Å². The normalized spacial score (nSPS) is 18.5. The monoisotopic (exact) mass is 292 g/mol. The number of ether oxygens (including phenoxy) is 1. The number of aliphatic hydroxyl groups excluding tert-OH is 1. The molecule has 1 heterocycles. The van der Waals surface area contributed by atoms with Gasteiger partial charge in [0, 0.05) is 24.9 Å². The van der Waals surface area contributed by atoms with Gasteiger partial charge in [0.15, 0.2) is 0 Å². The Morgan fingerprint density at radius 3 is 2.81 bits per heavy atom. The average molecular weight is 292 g/mol. The van der Waals surface area contributed by atoms with Gasteiger partial charge in [-0.05, 0) is 49.9 Å². The maximum Gasteiger partial charge on any atom is 0.226 e.